The third-order valence-electron chi connectivity index (χ3n) is 2.52. The maximum Gasteiger partial charge on any atom is 0.141 e. The van der Waals surface area contributed by atoms with Gasteiger partial charge < -0.3 is 9.88 Å². The van der Waals surface area contributed by atoms with Crippen molar-refractivity contribution in [2.75, 3.05) is 6.54 Å². The summed E-state index contributed by atoms with van der Waals surface area (Å²) in [7, 11) is 0. The highest BCUT2D eigenvalue weighted by molar-refractivity contribution is 5.15. The van der Waals surface area contributed by atoms with Crippen LogP contribution in [0.2, 0.25) is 0 Å². The molecule has 0 saturated carbocycles. The molecule has 0 aliphatic heterocycles. The molecule has 0 bridgehead atoms. The quantitative estimate of drug-likeness (QED) is 0.857. The van der Waals surface area contributed by atoms with Gasteiger partial charge in [-0.15, -0.1) is 0 Å². The van der Waals surface area contributed by atoms with Crippen molar-refractivity contribution in [3.63, 3.8) is 0 Å². The van der Waals surface area contributed by atoms with Crippen LogP contribution in [0.3, 0.4) is 0 Å². The van der Waals surface area contributed by atoms with Crippen molar-refractivity contribution in [1.29, 1.82) is 0 Å². The normalized spacial score (nSPS) is 10.7. The molecule has 0 fully saturated rings. The first-order chi connectivity index (χ1) is 8.28. The zero-order valence-electron chi connectivity index (χ0n) is 9.86. The van der Waals surface area contributed by atoms with Gasteiger partial charge in [-0.05, 0) is 29.8 Å². The fourth-order valence-corrected chi connectivity index (χ4v) is 1.72. The van der Waals surface area contributed by atoms with Crippen LogP contribution in [0.1, 0.15) is 18.1 Å². The minimum atomic E-state index is -0.289. The van der Waals surface area contributed by atoms with Crippen molar-refractivity contribution in [2.24, 2.45) is 0 Å². The van der Waals surface area contributed by atoms with E-state index in [4.69, 9.17) is 0 Å². The van der Waals surface area contributed by atoms with Crippen LogP contribution < -0.4 is 5.32 Å². The van der Waals surface area contributed by atoms with Gasteiger partial charge in [0.2, 0.25) is 0 Å². The van der Waals surface area contributed by atoms with E-state index < -0.39 is 0 Å². The van der Waals surface area contributed by atoms with E-state index in [1.807, 2.05) is 10.8 Å². The minimum absolute atomic E-state index is 0.289. The van der Waals surface area contributed by atoms with Gasteiger partial charge in [0.25, 0.3) is 0 Å². The van der Waals surface area contributed by atoms with Crippen LogP contribution in [-0.2, 0) is 13.1 Å². The summed E-state index contributed by atoms with van der Waals surface area (Å²) in [6.07, 6.45) is 6.97. The van der Waals surface area contributed by atoms with Gasteiger partial charge in [-0.2, -0.15) is 0 Å². The van der Waals surface area contributed by atoms with Crippen LogP contribution in [0.25, 0.3) is 0 Å². The first-order valence-electron chi connectivity index (χ1n) is 5.72. The van der Waals surface area contributed by atoms with Gasteiger partial charge in [-0.3, -0.25) is 4.98 Å². The van der Waals surface area contributed by atoms with E-state index in [1.165, 1.54) is 17.8 Å². The molecule has 90 valence electrons. The third kappa shape index (κ3) is 3.39. The lowest BCUT2D eigenvalue weighted by atomic mass is 10.3. The second-order valence-electron chi connectivity index (χ2n) is 3.98. The smallest absolute Gasteiger partial charge is 0.141 e. The van der Waals surface area contributed by atoms with Crippen molar-refractivity contribution in [2.45, 2.75) is 20.0 Å². The summed E-state index contributed by atoms with van der Waals surface area (Å²) in [6.45, 7) is 4.55. The lowest BCUT2D eigenvalue weighted by molar-refractivity contribution is 0.616. The van der Waals surface area contributed by atoms with E-state index in [-0.39, 0.29) is 5.82 Å². The summed E-state index contributed by atoms with van der Waals surface area (Å²) < 4.78 is 15.0. The first-order valence-corrected chi connectivity index (χ1v) is 5.72. The van der Waals surface area contributed by atoms with Crippen molar-refractivity contribution >= 4 is 0 Å². The van der Waals surface area contributed by atoms with E-state index >= 15 is 0 Å². The number of halogens is 1. The average Bonchev–Trinajstić information content (AvgIpc) is 2.74. The molecular formula is C13H16FN3. The Morgan fingerprint density at radius 1 is 1.35 bits per heavy atom. The summed E-state index contributed by atoms with van der Waals surface area (Å²) in [5.41, 5.74) is 2.10. The minimum Gasteiger partial charge on any atom is -0.350 e. The topological polar surface area (TPSA) is 29.9 Å². The van der Waals surface area contributed by atoms with Crippen LogP contribution in [0.5, 0.6) is 0 Å². The molecule has 2 aromatic heterocycles. The number of rotatable bonds is 5. The Morgan fingerprint density at radius 2 is 2.24 bits per heavy atom. The molecule has 0 aliphatic carbocycles. The molecule has 0 spiro atoms. The predicted molar refractivity (Wildman–Crippen MR) is 65.1 cm³/mol. The Labute approximate surface area is 100 Å². The number of hydrogen-bond acceptors (Lipinski definition) is 2. The van der Waals surface area contributed by atoms with E-state index in [0.717, 1.165) is 18.7 Å². The maximum atomic E-state index is 13.0. The summed E-state index contributed by atoms with van der Waals surface area (Å²) in [4.78, 5) is 3.84. The Morgan fingerprint density at radius 3 is 3.00 bits per heavy atom. The molecule has 0 amide bonds. The SMILES string of the molecule is CCNCc1ccn(Cc2cncc(F)c2)c1. The van der Waals surface area contributed by atoms with Gasteiger partial charge in [0, 0.05) is 31.7 Å². The van der Waals surface area contributed by atoms with Crippen molar-refractivity contribution in [1.82, 2.24) is 14.9 Å². The molecule has 0 radical (unpaired) electrons. The van der Waals surface area contributed by atoms with Crippen LogP contribution in [0.15, 0.2) is 36.9 Å². The highest BCUT2D eigenvalue weighted by atomic mass is 19.1. The number of aromatic nitrogens is 2. The molecule has 2 aromatic rings. The van der Waals surface area contributed by atoms with Crippen LogP contribution in [0.4, 0.5) is 4.39 Å². The molecule has 1 N–H and O–H groups in total. The lowest BCUT2D eigenvalue weighted by Gasteiger charge is -2.02. The molecule has 0 aliphatic rings. The zero-order chi connectivity index (χ0) is 12.1. The summed E-state index contributed by atoms with van der Waals surface area (Å²) in [6, 6.07) is 3.58. The Kier molecular flexibility index (Phi) is 3.88. The van der Waals surface area contributed by atoms with Crippen molar-refractivity contribution in [3.05, 3.63) is 53.9 Å². The van der Waals surface area contributed by atoms with Gasteiger partial charge in [-0.1, -0.05) is 6.92 Å². The summed E-state index contributed by atoms with van der Waals surface area (Å²) >= 11 is 0. The fourth-order valence-electron chi connectivity index (χ4n) is 1.72. The predicted octanol–water partition coefficient (Wildman–Crippen LogP) is 2.18. The van der Waals surface area contributed by atoms with Crippen LogP contribution in [-0.4, -0.2) is 16.1 Å². The van der Waals surface area contributed by atoms with Gasteiger partial charge in [0.1, 0.15) is 5.82 Å². The van der Waals surface area contributed by atoms with Crippen molar-refractivity contribution in [3.8, 4) is 0 Å². The summed E-state index contributed by atoms with van der Waals surface area (Å²) in [5.74, 6) is -0.289. The highest BCUT2D eigenvalue weighted by Crippen LogP contribution is 2.06. The monoisotopic (exact) mass is 233 g/mol. The Hall–Kier alpha value is -1.68. The van der Waals surface area contributed by atoms with Gasteiger partial charge in [0.15, 0.2) is 0 Å². The van der Waals surface area contributed by atoms with Gasteiger partial charge in [-0.25, -0.2) is 4.39 Å². The van der Waals surface area contributed by atoms with Crippen LogP contribution in [0, 0.1) is 5.82 Å². The van der Waals surface area contributed by atoms with E-state index in [1.54, 1.807) is 6.20 Å². The second-order valence-corrected chi connectivity index (χ2v) is 3.98. The molecule has 2 heterocycles. The molecule has 17 heavy (non-hydrogen) atoms. The van der Waals surface area contributed by atoms with Gasteiger partial charge in [0.05, 0.1) is 6.20 Å². The van der Waals surface area contributed by atoms with Crippen molar-refractivity contribution < 1.29 is 4.39 Å². The number of pyridine rings is 1. The molecule has 3 nitrogen and oxygen atoms in total. The Balaban J connectivity index is 2.01. The number of nitrogens with one attached hydrogen (secondary N) is 1. The highest BCUT2D eigenvalue weighted by Gasteiger charge is 1.99. The van der Waals surface area contributed by atoms with E-state index in [2.05, 4.69) is 29.5 Å². The molecule has 0 atom stereocenters. The van der Waals surface area contributed by atoms with E-state index in [0.29, 0.717) is 6.54 Å². The maximum absolute atomic E-state index is 13.0. The number of nitrogens with zero attached hydrogens (tertiary/aromatic N) is 2. The largest absolute Gasteiger partial charge is 0.350 e. The molecule has 2 rings (SSSR count). The van der Waals surface area contributed by atoms with Crippen LogP contribution >= 0.6 is 0 Å². The average molecular weight is 233 g/mol. The lowest BCUT2D eigenvalue weighted by Crippen LogP contribution is -2.11. The standard InChI is InChI=1S/C13H16FN3/c1-2-15-6-11-3-4-17(9-11)10-12-5-13(14)8-16-7-12/h3-5,7-9,15H,2,6,10H2,1H3. The first kappa shape index (κ1) is 11.8. The zero-order valence-corrected chi connectivity index (χ0v) is 9.86. The molecular weight excluding hydrogens is 217 g/mol. The second kappa shape index (κ2) is 5.59. The number of hydrogen-bond donors (Lipinski definition) is 1. The van der Waals surface area contributed by atoms with E-state index in [9.17, 15) is 4.39 Å². The molecule has 0 aromatic carbocycles. The molecule has 4 heteroatoms. The third-order valence-corrected chi connectivity index (χ3v) is 2.52. The summed E-state index contributed by atoms with van der Waals surface area (Å²) in [5, 5.41) is 3.27. The van der Waals surface area contributed by atoms with Gasteiger partial charge >= 0.3 is 0 Å². The molecule has 0 saturated heterocycles. The fraction of sp³-hybridized carbons (Fsp3) is 0.308. The Bertz CT molecular complexity index is 479. The molecule has 0 unspecified atom stereocenters.